The van der Waals surface area contributed by atoms with Crippen molar-refractivity contribution in [2.75, 3.05) is 13.7 Å². The van der Waals surface area contributed by atoms with Crippen LogP contribution in [0.1, 0.15) is 38.8 Å². The minimum absolute atomic E-state index is 0.104. The minimum Gasteiger partial charge on any atom is -0.497 e. The van der Waals surface area contributed by atoms with Crippen molar-refractivity contribution < 1.29 is 14.6 Å². The number of benzene rings is 1. The van der Waals surface area contributed by atoms with Gasteiger partial charge in [0.25, 0.3) is 0 Å². The lowest BCUT2D eigenvalue weighted by molar-refractivity contribution is 0.0551. The van der Waals surface area contributed by atoms with Crippen LogP contribution in [0.15, 0.2) is 18.2 Å². The van der Waals surface area contributed by atoms with Gasteiger partial charge in [-0.1, -0.05) is 6.07 Å². The molecule has 3 N–H and O–H groups in total. The molecule has 1 aromatic carbocycles. The summed E-state index contributed by atoms with van der Waals surface area (Å²) < 4.78 is 10.9. The summed E-state index contributed by atoms with van der Waals surface area (Å²) in [5.74, 6) is 1.45. The highest BCUT2D eigenvalue weighted by Gasteiger charge is 2.14. The number of hydrogen-bond donors (Lipinski definition) is 2. The van der Waals surface area contributed by atoms with Gasteiger partial charge in [-0.25, -0.2) is 0 Å². The zero-order valence-electron chi connectivity index (χ0n) is 11.6. The summed E-state index contributed by atoms with van der Waals surface area (Å²) in [6.45, 7) is 5.86. The van der Waals surface area contributed by atoms with Gasteiger partial charge in [-0.2, -0.15) is 0 Å². The Balaban J connectivity index is 2.78. The summed E-state index contributed by atoms with van der Waals surface area (Å²) in [5, 5.41) is 9.65. The maximum absolute atomic E-state index is 9.65. The molecule has 0 saturated heterocycles. The summed E-state index contributed by atoms with van der Waals surface area (Å²) in [5.41, 5.74) is 6.10. The molecule has 0 saturated carbocycles. The molecule has 0 radical (unpaired) electrons. The quantitative estimate of drug-likeness (QED) is 0.816. The molecule has 1 atom stereocenters. The van der Waals surface area contributed by atoms with Gasteiger partial charge in [0.2, 0.25) is 0 Å². The molecule has 0 bridgehead atoms. The fourth-order valence-electron chi connectivity index (χ4n) is 1.55. The van der Waals surface area contributed by atoms with E-state index < -0.39 is 5.60 Å². The fourth-order valence-corrected chi connectivity index (χ4v) is 1.55. The van der Waals surface area contributed by atoms with Gasteiger partial charge < -0.3 is 20.3 Å². The third kappa shape index (κ3) is 4.55. The van der Waals surface area contributed by atoms with Crippen molar-refractivity contribution in [3.05, 3.63) is 23.8 Å². The maximum Gasteiger partial charge on any atom is 0.127 e. The molecule has 0 amide bonds. The second kappa shape index (κ2) is 6.07. The van der Waals surface area contributed by atoms with Crippen LogP contribution in [0.25, 0.3) is 0 Å². The van der Waals surface area contributed by atoms with Crippen LogP contribution in [0.4, 0.5) is 0 Å². The molecule has 4 nitrogen and oxygen atoms in total. The molecular formula is C14H23NO3. The van der Waals surface area contributed by atoms with Crippen molar-refractivity contribution in [1.29, 1.82) is 0 Å². The first-order valence-electron chi connectivity index (χ1n) is 6.12. The van der Waals surface area contributed by atoms with Crippen LogP contribution >= 0.6 is 0 Å². The Morgan fingerprint density at radius 1 is 1.39 bits per heavy atom. The molecule has 0 aliphatic carbocycles. The molecule has 0 aromatic heterocycles. The molecule has 102 valence electrons. The third-order valence-electron chi connectivity index (χ3n) is 2.68. The lowest BCUT2D eigenvalue weighted by Gasteiger charge is -2.19. The Bertz CT molecular complexity index is 383. The van der Waals surface area contributed by atoms with Crippen molar-refractivity contribution in [2.45, 2.75) is 38.8 Å². The van der Waals surface area contributed by atoms with Gasteiger partial charge in [-0.05, 0) is 26.8 Å². The summed E-state index contributed by atoms with van der Waals surface area (Å²) >= 11 is 0. The first kappa shape index (κ1) is 14.8. The van der Waals surface area contributed by atoms with E-state index in [1.165, 1.54) is 0 Å². The van der Waals surface area contributed by atoms with E-state index in [1.807, 2.05) is 25.1 Å². The molecule has 1 aromatic rings. The van der Waals surface area contributed by atoms with E-state index in [-0.39, 0.29) is 6.04 Å². The SMILES string of the molecule is COc1ccc([C@@H](C)N)c(OCCC(C)(C)O)c1. The van der Waals surface area contributed by atoms with E-state index in [0.717, 1.165) is 11.3 Å². The van der Waals surface area contributed by atoms with E-state index in [2.05, 4.69) is 0 Å². The van der Waals surface area contributed by atoms with Gasteiger partial charge in [0, 0.05) is 24.1 Å². The summed E-state index contributed by atoms with van der Waals surface area (Å²) in [7, 11) is 1.61. The number of nitrogens with two attached hydrogens (primary N) is 1. The fraction of sp³-hybridized carbons (Fsp3) is 0.571. The van der Waals surface area contributed by atoms with Crippen LogP contribution in [0.2, 0.25) is 0 Å². The first-order valence-corrected chi connectivity index (χ1v) is 6.12. The molecule has 0 unspecified atom stereocenters. The van der Waals surface area contributed by atoms with Crippen LogP contribution in [-0.2, 0) is 0 Å². The van der Waals surface area contributed by atoms with E-state index in [1.54, 1.807) is 21.0 Å². The molecule has 4 heteroatoms. The molecule has 18 heavy (non-hydrogen) atoms. The Kier molecular flexibility index (Phi) is 4.99. The second-order valence-electron chi connectivity index (χ2n) is 5.10. The highest BCUT2D eigenvalue weighted by atomic mass is 16.5. The minimum atomic E-state index is -0.729. The number of rotatable bonds is 6. The third-order valence-corrected chi connectivity index (χ3v) is 2.68. The topological polar surface area (TPSA) is 64.7 Å². The van der Waals surface area contributed by atoms with E-state index >= 15 is 0 Å². The monoisotopic (exact) mass is 253 g/mol. The van der Waals surface area contributed by atoms with Crippen molar-refractivity contribution >= 4 is 0 Å². The van der Waals surface area contributed by atoms with E-state index in [4.69, 9.17) is 15.2 Å². The summed E-state index contributed by atoms with van der Waals surface area (Å²) in [6, 6.07) is 5.49. The molecule has 0 aliphatic heterocycles. The molecule has 1 rings (SSSR count). The highest BCUT2D eigenvalue weighted by Crippen LogP contribution is 2.29. The summed E-state index contributed by atoms with van der Waals surface area (Å²) in [4.78, 5) is 0. The van der Waals surface area contributed by atoms with E-state index in [0.29, 0.717) is 18.8 Å². The molecule has 0 heterocycles. The van der Waals surface area contributed by atoms with Crippen LogP contribution in [-0.4, -0.2) is 24.4 Å². The van der Waals surface area contributed by atoms with Gasteiger partial charge in [-0.3, -0.25) is 0 Å². The highest BCUT2D eigenvalue weighted by molar-refractivity contribution is 5.42. The largest absolute Gasteiger partial charge is 0.497 e. The number of aliphatic hydroxyl groups is 1. The second-order valence-corrected chi connectivity index (χ2v) is 5.10. The molecule has 0 spiro atoms. The number of hydrogen-bond acceptors (Lipinski definition) is 4. The standard InChI is InChI=1S/C14H23NO3/c1-10(15)12-6-5-11(17-4)9-13(12)18-8-7-14(2,3)16/h5-6,9-10,16H,7-8,15H2,1-4H3/t10-/m1/s1. The number of ether oxygens (including phenoxy) is 2. The van der Waals surface area contributed by atoms with Gasteiger partial charge in [0.1, 0.15) is 11.5 Å². The number of methoxy groups -OCH3 is 1. The Morgan fingerprint density at radius 3 is 2.56 bits per heavy atom. The van der Waals surface area contributed by atoms with Crippen molar-refractivity contribution in [3.8, 4) is 11.5 Å². The Hall–Kier alpha value is -1.26. The molecular weight excluding hydrogens is 230 g/mol. The van der Waals surface area contributed by atoms with Crippen LogP contribution in [0.3, 0.4) is 0 Å². The van der Waals surface area contributed by atoms with Crippen molar-refractivity contribution in [2.24, 2.45) is 5.73 Å². The Labute approximate surface area is 109 Å². The van der Waals surface area contributed by atoms with Crippen LogP contribution in [0, 0.1) is 0 Å². The van der Waals surface area contributed by atoms with Gasteiger partial charge in [0.15, 0.2) is 0 Å². The lowest BCUT2D eigenvalue weighted by atomic mass is 10.1. The average Bonchev–Trinajstić information content (AvgIpc) is 2.26. The zero-order chi connectivity index (χ0) is 13.8. The molecule has 0 aliphatic rings. The van der Waals surface area contributed by atoms with Crippen LogP contribution < -0.4 is 15.2 Å². The zero-order valence-corrected chi connectivity index (χ0v) is 11.6. The average molecular weight is 253 g/mol. The molecule has 0 fully saturated rings. The van der Waals surface area contributed by atoms with Crippen LogP contribution in [0.5, 0.6) is 11.5 Å². The predicted molar refractivity (Wildman–Crippen MR) is 72.0 cm³/mol. The normalized spacial score (nSPS) is 13.2. The predicted octanol–water partition coefficient (Wildman–Crippen LogP) is 2.25. The Morgan fingerprint density at radius 2 is 2.06 bits per heavy atom. The lowest BCUT2D eigenvalue weighted by Crippen LogP contribution is -2.22. The van der Waals surface area contributed by atoms with Crippen molar-refractivity contribution in [3.63, 3.8) is 0 Å². The van der Waals surface area contributed by atoms with Gasteiger partial charge in [-0.15, -0.1) is 0 Å². The van der Waals surface area contributed by atoms with Gasteiger partial charge >= 0.3 is 0 Å². The first-order chi connectivity index (χ1) is 8.33. The van der Waals surface area contributed by atoms with E-state index in [9.17, 15) is 5.11 Å². The van der Waals surface area contributed by atoms with Gasteiger partial charge in [0.05, 0.1) is 19.3 Å². The summed E-state index contributed by atoms with van der Waals surface area (Å²) in [6.07, 6.45) is 0.558. The smallest absolute Gasteiger partial charge is 0.127 e. The maximum atomic E-state index is 9.65. The van der Waals surface area contributed by atoms with Crippen molar-refractivity contribution in [1.82, 2.24) is 0 Å².